The third kappa shape index (κ3) is 2.41. The Bertz CT molecular complexity index is 639. The molecule has 1 aromatic heterocycles. The van der Waals surface area contributed by atoms with Crippen molar-refractivity contribution in [2.24, 2.45) is 0 Å². The van der Waals surface area contributed by atoms with Crippen molar-refractivity contribution in [3.05, 3.63) is 34.1 Å². The molecule has 0 spiro atoms. The lowest BCUT2D eigenvalue weighted by Crippen LogP contribution is -2.15. The van der Waals surface area contributed by atoms with Crippen LogP contribution < -0.4 is 9.47 Å². The SMILES string of the molecule is CCc1c(Cl)nc(-c2ccc3c(c2)OCCO3)nc1Cl. The molecule has 20 heavy (non-hydrogen) atoms. The molecule has 0 bridgehead atoms. The van der Waals surface area contributed by atoms with Gasteiger partial charge in [-0.3, -0.25) is 0 Å². The zero-order valence-electron chi connectivity index (χ0n) is 10.8. The van der Waals surface area contributed by atoms with Crippen LogP contribution in [0, 0.1) is 0 Å². The maximum Gasteiger partial charge on any atom is 0.162 e. The Hall–Kier alpha value is -1.52. The molecule has 4 nitrogen and oxygen atoms in total. The van der Waals surface area contributed by atoms with Crippen molar-refractivity contribution in [2.45, 2.75) is 13.3 Å². The Kier molecular flexibility index (Phi) is 3.68. The third-order valence-electron chi connectivity index (χ3n) is 3.06. The summed E-state index contributed by atoms with van der Waals surface area (Å²) in [5, 5.41) is 0.773. The van der Waals surface area contributed by atoms with Gasteiger partial charge in [0, 0.05) is 11.1 Å². The number of halogens is 2. The van der Waals surface area contributed by atoms with Crippen LogP contribution in [0.4, 0.5) is 0 Å². The summed E-state index contributed by atoms with van der Waals surface area (Å²) in [4.78, 5) is 8.59. The second kappa shape index (κ2) is 5.46. The predicted octanol–water partition coefficient (Wildman–Crippen LogP) is 3.78. The van der Waals surface area contributed by atoms with Crippen LogP contribution in [-0.4, -0.2) is 23.2 Å². The normalized spacial score (nSPS) is 13.3. The van der Waals surface area contributed by atoms with Crippen LogP contribution in [0.2, 0.25) is 10.3 Å². The summed E-state index contributed by atoms with van der Waals surface area (Å²) in [6.45, 7) is 3.06. The zero-order chi connectivity index (χ0) is 14.1. The highest BCUT2D eigenvalue weighted by Gasteiger charge is 2.15. The molecule has 0 aliphatic carbocycles. The molecule has 3 rings (SSSR count). The number of benzene rings is 1. The summed E-state index contributed by atoms with van der Waals surface area (Å²) in [6.07, 6.45) is 0.694. The molecule has 6 heteroatoms. The lowest BCUT2D eigenvalue weighted by atomic mass is 10.1. The average Bonchev–Trinajstić information content (AvgIpc) is 2.46. The van der Waals surface area contributed by atoms with E-state index >= 15 is 0 Å². The van der Waals surface area contributed by atoms with Crippen LogP contribution in [-0.2, 0) is 6.42 Å². The number of fused-ring (bicyclic) bond motifs is 1. The van der Waals surface area contributed by atoms with Crippen LogP contribution in [0.3, 0.4) is 0 Å². The second-order valence-electron chi connectivity index (χ2n) is 4.32. The molecule has 0 unspecified atom stereocenters. The number of aromatic nitrogens is 2. The van der Waals surface area contributed by atoms with Gasteiger partial charge in [-0.05, 0) is 24.6 Å². The minimum Gasteiger partial charge on any atom is -0.486 e. The van der Waals surface area contributed by atoms with Crippen molar-refractivity contribution in [2.75, 3.05) is 13.2 Å². The Labute approximate surface area is 126 Å². The maximum absolute atomic E-state index is 6.14. The van der Waals surface area contributed by atoms with Gasteiger partial charge >= 0.3 is 0 Å². The van der Waals surface area contributed by atoms with Crippen molar-refractivity contribution in [3.8, 4) is 22.9 Å². The van der Waals surface area contributed by atoms with E-state index in [2.05, 4.69) is 9.97 Å². The first kappa shape index (κ1) is 13.5. The fourth-order valence-corrected chi connectivity index (χ4v) is 2.69. The van der Waals surface area contributed by atoms with Gasteiger partial charge in [-0.25, -0.2) is 9.97 Å². The topological polar surface area (TPSA) is 44.2 Å². The first-order chi connectivity index (χ1) is 9.69. The fourth-order valence-electron chi connectivity index (χ4n) is 2.03. The molecule has 1 aliphatic heterocycles. The van der Waals surface area contributed by atoms with E-state index in [1.54, 1.807) is 0 Å². The predicted molar refractivity (Wildman–Crippen MR) is 77.9 cm³/mol. The molecule has 2 aromatic rings. The fraction of sp³-hybridized carbons (Fsp3) is 0.286. The van der Waals surface area contributed by atoms with E-state index in [1.807, 2.05) is 25.1 Å². The first-order valence-corrected chi connectivity index (χ1v) is 7.06. The molecule has 1 aliphatic rings. The van der Waals surface area contributed by atoms with Crippen LogP contribution in [0.5, 0.6) is 11.5 Å². The Morgan fingerprint density at radius 1 is 1.05 bits per heavy atom. The van der Waals surface area contributed by atoms with Gasteiger partial charge in [-0.15, -0.1) is 0 Å². The number of rotatable bonds is 2. The number of hydrogen-bond acceptors (Lipinski definition) is 4. The van der Waals surface area contributed by atoms with Crippen molar-refractivity contribution in [3.63, 3.8) is 0 Å². The summed E-state index contributed by atoms with van der Waals surface area (Å²) in [5.74, 6) is 1.89. The van der Waals surface area contributed by atoms with Crippen molar-refractivity contribution < 1.29 is 9.47 Å². The van der Waals surface area contributed by atoms with Gasteiger partial charge in [-0.1, -0.05) is 30.1 Å². The molecule has 1 aromatic carbocycles. The second-order valence-corrected chi connectivity index (χ2v) is 5.04. The highest BCUT2D eigenvalue weighted by Crippen LogP contribution is 2.34. The summed E-state index contributed by atoms with van der Waals surface area (Å²) in [6, 6.07) is 5.53. The maximum atomic E-state index is 6.14. The van der Waals surface area contributed by atoms with Crippen molar-refractivity contribution in [1.29, 1.82) is 0 Å². The summed E-state index contributed by atoms with van der Waals surface area (Å²) < 4.78 is 11.0. The molecule has 0 amide bonds. The number of hydrogen-bond donors (Lipinski definition) is 0. The molecule has 0 N–H and O–H groups in total. The Balaban J connectivity index is 2.05. The van der Waals surface area contributed by atoms with E-state index in [0.717, 1.165) is 16.9 Å². The lowest BCUT2D eigenvalue weighted by Gasteiger charge is -2.18. The van der Waals surface area contributed by atoms with Gasteiger partial charge in [0.1, 0.15) is 23.5 Å². The summed E-state index contributed by atoms with van der Waals surface area (Å²) >= 11 is 12.3. The van der Waals surface area contributed by atoms with E-state index in [1.165, 1.54) is 0 Å². The van der Waals surface area contributed by atoms with E-state index in [0.29, 0.717) is 41.5 Å². The average molecular weight is 311 g/mol. The minimum absolute atomic E-state index is 0.386. The molecule has 104 valence electrons. The molecule has 2 heterocycles. The molecule has 0 saturated heterocycles. The van der Waals surface area contributed by atoms with Crippen LogP contribution >= 0.6 is 23.2 Å². The third-order valence-corrected chi connectivity index (χ3v) is 3.69. The molecule has 0 atom stereocenters. The van der Waals surface area contributed by atoms with Gasteiger partial charge in [-0.2, -0.15) is 0 Å². The molecular formula is C14H12Cl2N2O2. The standard InChI is InChI=1S/C14H12Cl2N2O2/c1-2-9-12(15)17-14(18-13(9)16)8-3-4-10-11(7-8)20-6-5-19-10/h3-4,7H,2,5-6H2,1H3. The number of nitrogens with zero attached hydrogens (tertiary/aromatic N) is 2. The van der Waals surface area contributed by atoms with Gasteiger partial charge in [0.25, 0.3) is 0 Å². The van der Waals surface area contributed by atoms with Crippen LogP contribution in [0.25, 0.3) is 11.4 Å². The smallest absolute Gasteiger partial charge is 0.162 e. The molecule has 0 saturated carbocycles. The van der Waals surface area contributed by atoms with Crippen molar-refractivity contribution >= 4 is 23.2 Å². The minimum atomic E-state index is 0.386. The Morgan fingerprint density at radius 2 is 1.70 bits per heavy atom. The first-order valence-electron chi connectivity index (χ1n) is 6.31. The highest BCUT2D eigenvalue weighted by molar-refractivity contribution is 6.34. The van der Waals surface area contributed by atoms with Crippen molar-refractivity contribution in [1.82, 2.24) is 9.97 Å². The largest absolute Gasteiger partial charge is 0.486 e. The number of ether oxygens (including phenoxy) is 2. The van der Waals surface area contributed by atoms with E-state index < -0.39 is 0 Å². The Morgan fingerprint density at radius 3 is 2.35 bits per heavy atom. The summed E-state index contributed by atoms with van der Waals surface area (Å²) in [5.41, 5.74) is 1.55. The highest BCUT2D eigenvalue weighted by atomic mass is 35.5. The van der Waals surface area contributed by atoms with Crippen LogP contribution in [0.1, 0.15) is 12.5 Å². The lowest BCUT2D eigenvalue weighted by molar-refractivity contribution is 0.171. The quantitative estimate of drug-likeness (QED) is 0.792. The zero-order valence-corrected chi connectivity index (χ0v) is 12.3. The van der Waals surface area contributed by atoms with E-state index in [4.69, 9.17) is 32.7 Å². The molecule has 0 fully saturated rings. The molecule has 0 radical (unpaired) electrons. The van der Waals surface area contributed by atoms with E-state index in [9.17, 15) is 0 Å². The van der Waals surface area contributed by atoms with Gasteiger partial charge in [0.05, 0.1) is 0 Å². The molecular weight excluding hydrogens is 299 g/mol. The van der Waals surface area contributed by atoms with Gasteiger partial charge < -0.3 is 9.47 Å². The summed E-state index contributed by atoms with van der Waals surface area (Å²) in [7, 11) is 0. The monoisotopic (exact) mass is 310 g/mol. The van der Waals surface area contributed by atoms with Gasteiger partial charge in [0.2, 0.25) is 0 Å². The van der Waals surface area contributed by atoms with Gasteiger partial charge in [0.15, 0.2) is 17.3 Å². The van der Waals surface area contributed by atoms with Crippen LogP contribution in [0.15, 0.2) is 18.2 Å². The van der Waals surface area contributed by atoms with E-state index in [-0.39, 0.29) is 0 Å².